The van der Waals surface area contributed by atoms with Gasteiger partial charge in [0.05, 0.1) is 13.7 Å². The molecule has 0 saturated heterocycles. The topological polar surface area (TPSA) is 64.6 Å². The van der Waals surface area contributed by atoms with E-state index in [0.717, 1.165) is 71.1 Å². The highest BCUT2D eigenvalue weighted by molar-refractivity contribution is 9.10. The third-order valence-electron chi connectivity index (χ3n) is 6.14. The summed E-state index contributed by atoms with van der Waals surface area (Å²) in [6.45, 7) is 2.74. The van der Waals surface area contributed by atoms with E-state index in [4.69, 9.17) is 9.47 Å². The molecule has 0 spiro atoms. The molecule has 0 unspecified atom stereocenters. The molecular weight excluding hydrogens is 446 g/mol. The van der Waals surface area contributed by atoms with Crippen molar-refractivity contribution in [3.05, 3.63) is 44.7 Å². The molecule has 0 amide bonds. The van der Waals surface area contributed by atoms with E-state index >= 15 is 0 Å². The molecule has 1 N–H and O–H groups in total. The second-order valence-corrected chi connectivity index (χ2v) is 8.98. The number of nitrogens with one attached hydrogen (secondary N) is 1. The molecule has 1 aliphatic heterocycles. The van der Waals surface area contributed by atoms with Crippen LogP contribution >= 0.6 is 15.9 Å². The van der Waals surface area contributed by atoms with Crippen molar-refractivity contribution in [1.29, 1.82) is 0 Å². The van der Waals surface area contributed by atoms with Gasteiger partial charge in [-0.15, -0.1) is 0 Å². The van der Waals surface area contributed by atoms with Crippen LogP contribution in [0.3, 0.4) is 0 Å². The van der Waals surface area contributed by atoms with Crippen molar-refractivity contribution in [1.82, 2.24) is 5.32 Å². The van der Waals surface area contributed by atoms with E-state index in [1.54, 1.807) is 7.11 Å². The zero-order chi connectivity index (χ0) is 21.3. The number of carbonyl (C=O) groups excluding carboxylic acids is 2. The number of hydrogen-bond acceptors (Lipinski definition) is 5. The third-order valence-corrected chi connectivity index (χ3v) is 6.83. The molecule has 0 fully saturated rings. The van der Waals surface area contributed by atoms with Crippen LogP contribution in [0.1, 0.15) is 69.8 Å². The number of halogens is 1. The highest BCUT2D eigenvalue weighted by Gasteiger charge is 2.41. The summed E-state index contributed by atoms with van der Waals surface area (Å²) in [5.74, 6) is 1.20. The van der Waals surface area contributed by atoms with Crippen LogP contribution in [-0.4, -0.2) is 25.3 Å². The fraction of sp³-hybridized carbons (Fsp3) is 0.500. The Bertz CT molecular complexity index is 905. The number of Topliss-reactive ketones (excluding diaryl/α,β-unsaturated/α-hetero) is 2. The van der Waals surface area contributed by atoms with Crippen LogP contribution < -0.4 is 14.8 Å². The number of unbranched alkanes of at least 4 members (excludes halogenated alkanes) is 1. The molecule has 4 rings (SSSR count). The second-order valence-electron chi connectivity index (χ2n) is 8.12. The van der Waals surface area contributed by atoms with E-state index in [2.05, 4.69) is 28.2 Å². The van der Waals surface area contributed by atoms with E-state index < -0.39 is 0 Å². The molecule has 1 aromatic carbocycles. The smallest absolute Gasteiger partial charge is 0.162 e. The van der Waals surface area contributed by atoms with E-state index in [0.29, 0.717) is 30.9 Å². The number of dihydropyridines is 1. The van der Waals surface area contributed by atoms with Crippen molar-refractivity contribution in [3.63, 3.8) is 0 Å². The number of rotatable bonds is 6. The minimum Gasteiger partial charge on any atom is -0.493 e. The number of benzene rings is 1. The summed E-state index contributed by atoms with van der Waals surface area (Å²) in [6, 6.07) is 3.84. The average molecular weight is 474 g/mol. The monoisotopic (exact) mass is 473 g/mol. The van der Waals surface area contributed by atoms with E-state index in [1.165, 1.54) is 0 Å². The first kappa shape index (κ1) is 21.2. The van der Waals surface area contributed by atoms with Crippen molar-refractivity contribution in [2.45, 2.75) is 64.2 Å². The Kier molecular flexibility index (Phi) is 6.32. The van der Waals surface area contributed by atoms with Crippen molar-refractivity contribution in [2.75, 3.05) is 13.7 Å². The van der Waals surface area contributed by atoms with Crippen LogP contribution in [-0.2, 0) is 9.59 Å². The lowest BCUT2D eigenvalue weighted by atomic mass is 9.71. The Morgan fingerprint density at radius 2 is 1.63 bits per heavy atom. The van der Waals surface area contributed by atoms with Crippen LogP contribution in [0.25, 0.3) is 0 Å². The van der Waals surface area contributed by atoms with Crippen LogP contribution in [0.15, 0.2) is 39.1 Å². The molecule has 5 nitrogen and oxygen atoms in total. The zero-order valence-corrected chi connectivity index (χ0v) is 19.2. The second kappa shape index (κ2) is 8.96. The molecule has 1 aromatic rings. The highest BCUT2D eigenvalue weighted by Crippen LogP contribution is 2.48. The molecule has 0 aromatic heterocycles. The molecule has 2 aliphatic carbocycles. The first-order valence-corrected chi connectivity index (χ1v) is 11.6. The van der Waals surface area contributed by atoms with Gasteiger partial charge in [-0.1, -0.05) is 29.3 Å². The van der Waals surface area contributed by atoms with Gasteiger partial charge in [-0.3, -0.25) is 9.59 Å². The SMILES string of the molecule is CCCCOc1cc(Br)c(C2C3=C(CCCC3=O)NC3=C2C(=O)CCC3)cc1OC. The highest BCUT2D eigenvalue weighted by atomic mass is 79.9. The summed E-state index contributed by atoms with van der Waals surface area (Å²) in [4.78, 5) is 26.0. The van der Waals surface area contributed by atoms with E-state index in [1.807, 2.05) is 12.1 Å². The Hall–Kier alpha value is -2.08. The number of ketones is 2. The molecule has 6 heteroatoms. The maximum Gasteiger partial charge on any atom is 0.162 e. The van der Waals surface area contributed by atoms with E-state index in [-0.39, 0.29) is 17.5 Å². The van der Waals surface area contributed by atoms with Crippen LogP contribution in [0.4, 0.5) is 0 Å². The van der Waals surface area contributed by atoms with Gasteiger partial charge in [0.2, 0.25) is 0 Å². The van der Waals surface area contributed by atoms with Crippen molar-refractivity contribution < 1.29 is 19.1 Å². The van der Waals surface area contributed by atoms with Crippen LogP contribution in [0.5, 0.6) is 11.5 Å². The zero-order valence-electron chi connectivity index (χ0n) is 17.6. The van der Waals surface area contributed by atoms with Gasteiger partial charge >= 0.3 is 0 Å². The maximum atomic E-state index is 13.0. The summed E-state index contributed by atoms with van der Waals surface area (Å²) in [5.41, 5.74) is 4.36. The van der Waals surface area contributed by atoms with Gasteiger partial charge in [-0.2, -0.15) is 0 Å². The van der Waals surface area contributed by atoms with Crippen LogP contribution in [0, 0.1) is 0 Å². The maximum absolute atomic E-state index is 13.0. The molecule has 0 saturated carbocycles. The van der Waals surface area contributed by atoms with Gasteiger partial charge in [0, 0.05) is 45.8 Å². The summed E-state index contributed by atoms with van der Waals surface area (Å²) in [5, 5.41) is 3.46. The minimum absolute atomic E-state index is 0.132. The van der Waals surface area contributed by atoms with Gasteiger partial charge in [-0.25, -0.2) is 0 Å². The largest absolute Gasteiger partial charge is 0.493 e. The lowest BCUT2D eigenvalue weighted by Crippen LogP contribution is -2.36. The Morgan fingerprint density at radius 3 is 2.20 bits per heavy atom. The summed E-state index contributed by atoms with van der Waals surface area (Å²) in [6.07, 6.45) is 6.46. The van der Waals surface area contributed by atoms with Gasteiger partial charge < -0.3 is 14.8 Å². The fourth-order valence-electron chi connectivity index (χ4n) is 4.67. The Morgan fingerprint density at radius 1 is 1.00 bits per heavy atom. The lowest BCUT2D eigenvalue weighted by molar-refractivity contribution is -0.116. The third kappa shape index (κ3) is 3.82. The van der Waals surface area contributed by atoms with E-state index in [9.17, 15) is 9.59 Å². The number of carbonyl (C=O) groups is 2. The predicted octanol–water partition coefficient (Wildman–Crippen LogP) is 5.34. The molecule has 0 atom stereocenters. The number of allylic oxidation sites excluding steroid dienone is 4. The molecule has 3 aliphatic rings. The van der Waals surface area contributed by atoms with Crippen molar-refractivity contribution in [3.8, 4) is 11.5 Å². The fourth-order valence-corrected chi connectivity index (χ4v) is 5.22. The molecule has 0 bridgehead atoms. The Balaban J connectivity index is 1.83. The number of methoxy groups -OCH3 is 1. The van der Waals surface area contributed by atoms with Gasteiger partial charge in [0.1, 0.15) is 0 Å². The summed E-state index contributed by atoms with van der Waals surface area (Å²) >= 11 is 3.70. The standard InChI is InChI=1S/C24H28BrNO4/c1-3-4-11-30-21-13-15(25)14(12-20(21)29-2)22-23-16(7-5-9-18(23)27)26-17-8-6-10-19(28)24(17)22/h12-13,22,26H,3-11H2,1-2H3. The Labute approximate surface area is 186 Å². The number of ether oxygens (including phenoxy) is 2. The lowest BCUT2D eigenvalue weighted by Gasteiger charge is -2.37. The van der Waals surface area contributed by atoms with Crippen molar-refractivity contribution in [2.24, 2.45) is 0 Å². The number of hydrogen-bond donors (Lipinski definition) is 1. The average Bonchev–Trinajstić information content (AvgIpc) is 2.73. The minimum atomic E-state index is -0.357. The summed E-state index contributed by atoms with van der Waals surface area (Å²) < 4.78 is 12.4. The molecule has 30 heavy (non-hydrogen) atoms. The molecule has 0 radical (unpaired) electrons. The van der Waals surface area contributed by atoms with Gasteiger partial charge in [-0.05, 0) is 49.8 Å². The normalized spacial score (nSPS) is 19.4. The first-order valence-electron chi connectivity index (χ1n) is 10.8. The first-order chi connectivity index (χ1) is 14.5. The predicted molar refractivity (Wildman–Crippen MR) is 119 cm³/mol. The van der Waals surface area contributed by atoms with Gasteiger partial charge in [0.25, 0.3) is 0 Å². The van der Waals surface area contributed by atoms with Crippen LogP contribution in [0.2, 0.25) is 0 Å². The molecule has 160 valence electrons. The quantitative estimate of drug-likeness (QED) is 0.564. The molecule has 1 heterocycles. The van der Waals surface area contributed by atoms with Gasteiger partial charge in [0.15, 0.2) is 23.1 Å². The van der Waals surface area contributed by atoms with Crippen molar-refractivity contribution >= 4 is 27.5 Å². The molecular formula is C24H28BrNO4. The summed E-state index contributed by atoms with van der Waals surface area (Å²) in [7, 11) is 1.62.